The SMILES string of the molecule is CC(O)CCCNC1CC(c2cccc(Cl)c2)C1. The highest BCUT2D eigenvalue weighted by Crippen LogP contribution is 2.37. The summed E-state index contributed by atoms with van der Waals surface area (Å²) in [7, 11) is 0. The van der Waals surface area contributed by atoms with Crippen molar-refractivity contribution >= 4 is 11.6 Å². The average Bonchev–Trinajstić information content (AvgIpc) is 2.25. The predicted octanol–water partition coefficient (Wildman–Crippen LogP) is 3.34. The quantitative estimate of drug-likeness (QED) is 0.775. The molecule has 0 aliphatic heterocycles. The maximum atomic E-state index is 9.17. The van der Waals surface area contributed by atoms with Gasteiger partial charge in [0, 0.05) is 11.1 Å². The first-order valence-electron chi connectivity index (χ1n) is 6.82. The van der Waals surface area contributed by atoms with Gasteiger partial charge in [0.15, 0.2) is 0 Å². The number of hydrogen-bond donors (Lipinski definition) is 2. The van der Waals surface area contributed by atoms with Crippen LogP contribution in [-0.4, -0.2) is 23.8 Å². The minimum atomic E-state index is -0.174. The lowest BCUT2D eigenvalue weighted by Crippen LogP contribution is -2.40. The monoisotopic (exact) mass is 267 g/mol. The van der Waals surface area contributed by atoms with Crippen LogP contribution in [0.15, 0.2) is 24.3 Å². The van der Waals surface area contributed by atoms with E-state index in [0.29, 0.717) is 12.0 Å². The van der Waals surface area contributed by atoms with Crippen LogP contribution in [0, 0.1) is 0 Å². The number of aliphatic hydroxyl groups is 1. The van der Waals surface area contributed by atoms with E-state index in [9.17, 15) is 0 Å². The van der Waals surface area contributed by atoms with Crippen molar-refractivity contribution in [2.75, 3.05) is 6.54 Å². The zero-order valence-corrected chi connectivity index (χ0v) is 11.7. The Bertz CT molecular complexity index is 375. The highest BCUT2D eigenvalue weighted by atomic mass is 35.5. The largest absolute Gasteiger partial charge is 0.393 e. The summed E-state index contributed by atoms with van der Waals surface area (Å²) in [5.41, 5.74) is 1.37. The molecule has 1 atom stereocenters. The van der Waals surface area contributed by atoms with E-state index in [1.807, 2.05) is 19.1 Å². The Morgan fingerprint density at radius 3 is 2.89 bits per heavy atom. The molecule has 100 valence electrons. The Morgan fingerprint density at radius 1 is 1.44 bits per heavy atom. The zero-order valence-electron chi connectivity index (χ0n) is 10.9. The topological polar surface area (TPSA) is 32.3 Å². The van der Waals surface area contributed by atoms with Crippen LogP contribution in [0.5, 0.6) is 0 Å². The van der Waals surface area contributed by atoms with Crippen LogP contribution in [0.3, 0.4) is 0 Å². The fourth-order valence-corrected chi connectivity index (χ4v) is 2.72. The molecule has 1 aromatic rings. The van der Waals surface area contributed by atoms with Crippen LogP contribution in [0.25, 0.3) is 0 Å². The van der Waals surface area contributed by atoms with Gasteiger partial charge in [-0.25, -0.2) is 0 Å². The van der Waals surface area contributed by atoms with Gasteiger partial charge in [-0.1, -0.05) is 23.7 Å². The van der Waals surface area contributed by atoms with Gasteiger partial charge in [-0.15, -0.1) is 0 Å². The van der Waals surface area contributed by atoms with Crippen molar-refractivity contribution in [1.82, 2.24) is 5.32 Å². The second-order valence-electron chi connectivity index (χ2n) is 5.37. The summed E-state index contributed by atoms with van der Waals surface area (Å²) in [6, 6.07) is 8.84. The molecule has 1 fully saturated rings. The molecule has 0 radical (unpaired) electrons. The second-order valence-corrected chi connectivity index (χ2v) is 5.80. The molecule has 1 aromatic carbocycles. The Hall–Kier alpha value is -0.570. The normalized spacial score (nSPS) is 24.6. The van der Waals surface area contributed by atoms with Crippen LogP contribution in [-0.2, 0) is 0 Å². The smallest absolute Gasteiger partial charge is 0.0512 e. The lowest BCUT2D eigenvalue weighted by atomic mass is 9.76. The van der Waals surface area contributed by atoms with E-state index < -0.39 is 0 Å². The number of aliphatic hydroxyl groups excluding tert-OH is 1. The lowest BCUT2D eigenvalue weighted by Gasteiger charge is -2.36. The summed E-state index contributed by atoms with van der Waals surface area (Å²) >= 11 is 6.00. The van der Waals surface area contributed by atoms with E-state index >= 15 is 0 Å². The summed E-state index contributed by atoms with van der Waals surface area (Å²) in [5, 5.41) is 13.5. The first-order valence-corrected chi connectivity index (χ1v) is 7.20. The van der Waals surface area contributed by atoms with Crippen LogP contribution >= 0.6 is 11.6 Å². The molecule has 1 aliphatic rings. The van der Waals surface area contributed by atoms with Gasteiger partial charge in [0.1, 0.15) is 0 Å². The fraction of sp³-hybridized carbons (Fsp3) is 0.600. The summed E-state index contributed by atoms with van der Waals surface area (Å²) in [6.45, 7) is 2.86. The number of nitrogens with one attached hydrogen (secondary N) is 1. The van der Waals surface area contributed by atoms with Crippen molar-refractivity contribution in [3.63, 3.8) is 0 Å². The van der Waals surface area contributed by atoms with Gasteiger partial charge >= 0.3 is 0 Å². The molecule has 0 bridgehead atoms. The molecule has 3 heteroatoms. The number of rotatable bonds is 6. The molecule has 18 heavy (non-hydrogen) atoms. The van der Waals surface area contributed by atoms with Crippen molar-refractivity contribution < 1.29 is 5.11 Å². The van der Waals surface area contributed by atoms with Gasteiger partial charge in [0.25, 0.3) is 0 Å². The number of hydrogen-bond acceptors (Lipinski definition) is 2. The predicted molar refractivity (Wildman–Crippen MR) is 76.1 cm³/mol. The standard InChI is InChI=1S/C15H22ClNO/c1-11(18)4-3-7-17-15-9-13(10-15)12-5-2-6-14(16)8-12/h2,5-6,8,11,13,15,17-18H,3-4,7,9-10H2,1H3. The van der Waals surface area contributed by atoms with Crippen molar-refractivity contribution in [2.24, 2.45) is 0 Å². The van der Waals surface area contributed by atoms with E-state index in [2.05, 4.69) is 17.4 Å². The molecule has 0 aromatic heterocycles. The molecular weight excluding hydrogens is 246 g/mol. The van der Waals surface area contributed by atoms with Crippen LogP contribution < -0.4 is 5.32 Å². The van der Waals surface area contributed by atoms with Gasteiger partial charge in [-0.2, -0.15) is 0 Å². The van der Waals surface area contributed by atoms with Gasteiger partial charge in [-0.05, 0) is 62.8 Å². The number of halogens is 1. The van der Waals surface area contributed by atoms with E-state index in [4.69, 9.17) is 16.7 Å². The van der Waals surface area contributed by atoms with Crippen molar-refractivity contribution in [2.45, 2.75) is 50.7 Å². The molecule has 0 heterocycles. The molecule has 1 unspecified atom stereocenters. The molecule has 1 aliphatic carbocycles. The Labute approximate surface area is 114 Å². The third-order valence-corrected chi connectivity index (χ3v) is 3.92. The maximum Gasteiger partial charge on any atom is 0.0512 e. The molecule has 2 rings (SSSR count). The molecule has 2 N–H and O–H groups in total. The Balaban J connectivity index is 1.65. The molecule has 0 amide bonds. The van der Waals surface area contributed by atoms with E-state index in [1.165, 1.54) is 18.4 Å². The molecule has 2 nitrogen and oxygen atoms in total. The van der Waals surface area contributed by atoms with Gasteiger partial charge in [0.2, 0.25) is 0 Å². The first kappa shape index (κ1) is 13.9. The molecular formula is C15H22ClNO. The van der Waals surface area contributed by atoms with Gasteiger partial charge < -0.3 is 10.4 Å². The molecule has 1 saturated carbocycles. The molecule has 0 spiro atoms. The average molecular weight is 268 g/mol. The first-order chi connectivity index (χ1) is 8.65. The Kier molecular flexibility index (Phi) is 5.04. The minimum Gasteiger partial charge on any atom is -0.393 e. The maximum absolute atomic E-state index is 9.17. The summed E-state index contributed by atoms with van der Waals surface area (Å²) in [4.78, 5) is 0. The van der Waals surface area contributed by atoms with E-state index in [0.717, 1.165) is 24.4 Å². The minimum absolute atomic E-state index is 0.174. The lowest BCUT2D eigenvalue weighted by molar-refractivity contribution is 0.179. The summed E-state index contributed by atoms with van der Waals surface area (Å²) in [5.74, 6) is 0.665. The highest BCUT2D eigenvalue weighted by Gasteiger charge is 2.29. The number of benzene rings is 1. The van der Waals surface area contributed by atoms with E-state index in [1.54, 1.807) is 0 Å². The molecule has 0 saturated heterocycles. The van der Waals surface area contributed by atoms with Crippen LogP contribution in [0.1, 0.15) is 44.1 Å². The van der Waals surface area contributed by atoms with Gasteiger partial charge in [-0.3, -0.25) is 0 Å². The third kappa shape index (κ3) is 3.98. The van der Waals surface area contributed by atoms with Crippen LogP contribution in [0.4, 0.5) is 0 Å². The van der Waals surface area contributed by atoms with Crippen molar-refractivity contribution in [3.8, 4) is 0 Å². The summed E-state index contributed by atoms with van der Waals surface area (Å²) < 4.78 is 0. The third-order valence-electron chi connectivity index (χ3n) is 3.69. The highest BCUT2D eigenvalue weighted by molar-refractivity contribution is 6.30. The zero-order chi connectivity index (χ0) is 13.0. The second kappa shape index (κ2) is 6.55. The van der Waals surface area contributed by atoms with Crippen molar-refractivity contribution in [3.05, 3.63) is 34.9 Å². The Morgan fingerprint density at radius 2 is 2.22 bits per heavy atom. The summed E-state index contributed by atoms with van der Waals surface area (Å²) in [6.07, 6.45) is 4.17. The van der Waals surface area contributed by atoms with Crippen molar-refractivity contribution in [1.29, 1.82) is 0 Å². The van der Waals surface area contributed by atoms with E-state index in [-0.39, 0.29) is 6.10 Å². The fourth-order valence-electron chi connectivity index (χ4n) is 2.52. The van der Waals surface area contributed by atoms with Crippen LogP contribution in [0.2, 0.25) is 5.02 Å². The van der Waals surface area contributed by atoms with Gasteiger partial charge in [0.05, 0.1) is 6.10 Å².